The number of nitrogen functional groups attached to an aromatic ring is 2. The van der Waals surface area contributed by atoms with Crippen molar-refractivity contribution in [1.29, 1.82) is 0 Å². The number of anilines is 2. The van der Waals surface area contributed by atoms with E-state index >= 15 is 4.39 Å². The zero-order chi connectivity index (χ0) is 32.3. The normalized spacial score (nSPS) is 28.1. The molecule has 244 valence electrons. The molecule has 0 bridgehead atoms. The van der Waals surface area contributed by atoms with Crippen molar-refractivity contribution in [2.75, 3.05) is 24.7 Å². The molecule has 8 atom stereocenters. The molecule has 4 unspecified atom stereocenters. The first-order valence-corrected chi connectivity index (χ1v) is 19.1. The van der Waals surface area contributed by atoms with Crippen molar-refractivity contribution in [2.45, 2.75) is 49.8 Å². The van der Waals surface area contributed by atoms with E-state index in [1.165, 1.54) is 17.2 Å². The van der Waals surface area contributed by atoms with Crippen molar-refractivity contribution < 1.29 is 41.5 Å². The third-order valence-corrected chi connectivity index (χ3v) is 10.2. The Morgan fingerprint density at radius 2 is 1.80 bits per heavy atom. The lowest BCUT2D eigenvalue weighted by Gasteiger charge is -2.23. The number of H-pyrrole nitrogens is 1. The van der Waals surface area contributed by atoms with Crippen molar-refractivity contribution >= 4 is 82.7 Å². The molecule has 2 fully saturated rings. The minimum Gasteiger partial charge on any atom is -0.382 e. The van der Waals surface area contributed by atoms with E-state index in [1.807, 2.05) is 0 Å². The van der Waals surface area contributed by atoms with E-state index in [4.69, 9.17) is 34.5 Å². The minimum absolute atomic E-state index is 0.0645. The summed E-state index contributed by atoms with van der Waals surface area (Å²) in [5.41, 5.74) is 11.2. The molecule has 0 radical (unpaired) electrons. The molecule has 6 heterocycles. The second-order valence-corrected chi connectivity index (χ2v) is 16.5. The molecule has 0 spiro atoms. The van der Waals surface area contributed by atoms with Crippen LogP contribution in [-0.4, -0.2) is 76.6 Å². The number of aromatic amines is 1. The van der Waals surface area contributed by atoms with Gasteiger partial charge in [-0.1, -0.05) is 35.8 Å². The van der Waals surface area contributed by atoms with Crippen molar-refractivity contribution in [3.63, 3.8) is 0 Å². The number of imidazole rings is 1. The van der Waals surface area contributed by atoms with Gasteiger partial charge in [-0.2, -0.15) is 4.98 Å². The zero-order valence-corrected chi connectivity index (χ0v) is 26.9. The van der Waals surface area contributed by atoms with Crippen molar-refractivity contribution in [3.8, 4) is 0 Å². The summed E-state index contributed by atoms with van der Waals surface area (Å²) < 4.78 is 69.9. The molecule has 6 rings (SSSR count). The highest BCUT2D eigenvalue weighted by molar-refractivity contribution is 8.44. The van der Waals surface area contributed by atoms with Crippen molar-refractivity contribution in [1.82, 2.24) is 34.1 Å². The summed E-state index contributed by atoms with van der Waals surface area (Å²) in [4.78, 5) is 52.4. The predicted molar refractivity (Wildman–Crippen MR) is 163 cm³/mol. The highest BCUT2D eigenvalue weighted by Gasteiger charge is 2.45. The summed E-state index contributed by atoms with van der Waals surface area (Å²) in [5.74, 6) is -0.169. The standard InChI is InChI=1S/C20H24FN9O10P2S3/c21-9-1-7(38-17(9)29-6-26-11-13(22)24-5-25-14(11)29)4-37-42(35,44)40-10-2-8(3-36-41(33,34)43)39-18(10)30-15-12(45-20(30)32)16(31)28-19(23)27-15/h5-10,17-18H,1-4H2,(H,35,44)(H2,22,24,25)(H2,33,34,43)(H3,23,27,28,31)/t7?,8?,9-,10-,17-,18-,42?/m1/s1. The summed E-state index contributed by atoms with van der Waals surface area (Å²) in [5, 5.41) is 0. The lowest BCUT2D eigenvalue weighted by atomic mass is 10.2. The Morgan fingerprint density at radius 1 is 1.09 bits per heavy atom. The molecule has 45 heavy (non-hydrogen) atoms. The number of nitrogens with two attached hydrogens (primary N) is 2. The van der Waals surface area contributed by atoms with E-state index in [2.05, 4.69) is 49.4 Å². The maximum Gasteiger partial charge on any atom is 0.386 e. The van der Waals surface area contributed by atoms with Crippen LogP contribution in [0.15, 0.2) is 22.2 Å². The molecule has 0 saturated carbocycles. The van der Waals surface area contributed by atoms with E-state index in [-0.39, 0.29) is 46.1 Å². The van der Waals surface area contributed by atoms with Crippen LogP contribution in [0.1, 0.15) is 25.3 Å². The number of hydrogen-bond acceptors (Lipinski definition) is 16. The number of aromatic nitrogens is 7. The van der Waals surface area contributed by atoms with Crippen molar-refractivity contribution in [2.24, 2.45) is 0 Å². The SMILES string of the molecule is Nc1nc2c(sc(=O)n2[C@@H]2OC(COP(=O)(O)S)C[C@H]2OP(=O)(S)OCC2C[C@@H](F)[C@H](n3cnc4c(N)ncnc43)O2)c(=O)[nH]1. The van der Waals surface area contributed by atoms with Crippen molar-refractivity contribution in [3.05, 3.63) is 32.7 Å². The maximum atomic E-state index is 15.0. The van der Waals surface area contributed by atoms with Crippen LogP contribution in [0, 0.1) is 0 Å². The third-order valence-electron chi connectivity index (χ3n) is 6.80. The van der Waals surface area contributed by atoms with Gasteiger partial charge < -0.3 is 25.8 Å². The summed E-state index contributed by atoms with van der Waals surface area (Å²) in [6.45, 7) is -9.37. The summed E-state index contributed by atoms with van der Waals surface area (Å²) in [7, 11) is 0. The second kappa shape index (κ2) is 12.3. The van der Waals surface area contributed by atoms with Gasteiger partial charge in [0.2, 0.25) is 5.95 Å². The lowest BCUT2D eigenvalue weighted by Crippen LogP contribution is -2.29. The number of halogens is 1. The quantitative estimate of drug-likeness (QED) is 0.1000. The van der Waals surface area contributed by atoms with Crippen LogP contribution in [0.4, 0.5) is 16.2 Å². The first-order valence-electron chi connectivity index (χ1n) is 12.8. The molecule has 2 aliphatic heterocycles. The predicted octanol–water partition coefficient (Wildman–Crippen LogP) is 1.55. The fourth-order valence-corrected chi connectivity index (χ4v) is 7.90. The number of thiol groups is 2. The van der Waals surface area contributed by atoms with E-state index in [1.54, 1.807) is 0 Å². The maximum absolute atomic E-state index is 15.0. The van der Waals surface area contributed by atoms with E-state index < -0.39 is 74.2 Å². The Balaban J connectivity index is 1.18. The number of rotatable bonds is 10. The van der Waals surface area contributed by atoms with Gasteiger partial charge in [-0.25, -0.2) is 28.5 Å². The van der Waals surface area contributed by atoms with Gasteiger partial charge in [-0.15, -0.1) is 0 Å². The van der Waals surface area contributed by atoms with Crippen LogP contribution < -0.4 is 21.9 Å². The van der Waals surface area contributed by atoms with Gasteiger partial charge in [0.05, 0.1) is 31.7 Å². The zero-order valence-electron chi connectivity index (χ0n) is 22.5. The molecule has 2 aliphatic rings. The molecular weight excluding hydrogens is 703 g/mol. The minimum atomic E-state index is -4.28. The smallest absolute Gasteiger partial charge is 0.382 e. The molecule has 0 aromatic carbocycles. The third kappa shape index (κ3) is 6.84. The number of thiazole rings is 1. The largest absolute Gasteiger partial charge is 0.386 e. The van der Waals surface area contributed by atoms with Crippen LogP contribution in [0.25, 0.3) is 21.5 Å². The lowest BCUT2D eigenvalue weighted by molar-refractivity contribution is -0.0476. The van der Waals surface area contributed by atoms with E-state index in [9.17, 15) is 23.6 Å². The first kappa shape index (κ1) is 32.5. The van der Waals surface area contributed by atoms with Gasteiger partial charge in [0, 0.05) is 12.8 Å². The highest BCUT2D eigenvalue weighted by atomic mass is 32.7. The second-order valence-electron chi connectivity index (χ2n) is 9.90. The number of hydrogen-bond donors (Lipinski definition) is 6. The van der Waals surface area contributed by atoms with Gasteiger partial charge in [0.1, 0.15) is 28.8 Å². The molecule has 0 aliphatic carbocycles. The van der Waals surface area contributed by atoms with E-state index in [0.717, 1.165) is 4.57 Å². The van der Waals surface area contributed by atoms with Gasteiger partial charge in [0.25, 0.3) is 5.56 Å². The highest BCUT2D eigenvalue weighted by Crippen LogP contribution is 2.57. The summed E-state index contributed by atoms with van der Waals surface area (Å²) in [6, 6.07) is 0. The molecule has 2 saturated heterocycles. The van der Waals surface area contributed by atoms with Gasteiger partial charge in [0.15, 0.2) is 29.6 Å². The number of fused-ring (bicyclic) bond motifs is 2. The Hall–Kier alpha value is -2.43. The van der Waals surface area contributed by atoms with Crippen LogP contribution in [0.3, 0.4) is 0 Å². The van der Waals surface area contributed by atoms with Crippen LogP contribution in [0.2, 0.25) is 0 Å². The average Bonchev–Trinajstić information content (AvgIpc) is 3.70. The van der Waals surface area contributed by atoms with Gasteiger partial charge in [-0.3, -0.25) is 37.3 Å². The average molecular weight is 728 g/mol. The molecule has 25 heteroatoms. The Labute approximate surface area is 264 Å². The van der Waals surface area contributed by atoms with Gasteiger partial charge >= 0.3 is 18.5 Å². The number of nitrogens with zero attached hydrogens (tertiary/aromatic N) is 6. The molecular formula is C20H24FN9O10P2S3. The molecule has 6 N–H and O–H groups in total. The molecule has 4 aromatic heterocycles. The number of nitrogens with one attached hydrogen (secondary N) is 1. The topological polar surface area (TPSA) is 264 Å². The van der Waals surface area contributed by atoms with Crippen LogP contribution >= 0.6 is 49.4 Å². The van der Waals surface area contributed by atoms with Gasteiger partial charge in [-0.05, 0) is 0 Å². The summed E-state index contributed by atoms with van der Waals surface area (Å²) >= 11 is 8.08. The van der Waals surface area contributed by atoms with Crippen LogP contribution in [-0.2, 0) is 32.2 Å². The monoisotopic (exact) mass is 727 g/mol. The summed E-state index contributed by atoms with van der Waals surface area (Å²) in [6.07, 6.45) is -4.89. The Kier molecular flexibility index (Phi) is 8.89. The fourth-order valence-electron chi connectivity index (χ4n) is 4.98. The fraction of sp³-hybridized carbons (Fsp3) is 0.500. The Bertz CT molecular complexity index is 1970. The Morgan fingerprint density at radius 3 is 2.56 bits per heavy atom. The molecule has 0 amide bonds. The van der Waals surface area contributed by atoms with E-state index in [0.29, 0.717) is 11.3 Å². The van der Waals surface area contributed by atoms with Crippen LogP contribution in [0.5, 0.6) is 0 Å². The number of ether oxygens (including phenoxy) is 2. The molecule has 19 nitrogen and oxygen atoms in total. The molecule has 4 aromatic rings. The first-order chi connectivity index (χ1) is 21.2. The number of alkyl halides is 1.